The quantitative estimate of drug-likeness (QED) is 0.768. The van der Waals surface area contributed by atoms with E-state index in [1.807, 2.05) is 6.07 Å². The zero-order valence-corrected chi connectivity index (χ0v) is 9.98. The molecule has 0 saturated carbocycles. The third kappa shape index (κ3) is 4.16. The minimum Gasteiger partial charge on any atom is -0.492 e. The molecule has 0 radical (unpaired) electrons. The van der Waals surface area contributed by atoms with E-state index in [1.165, 1.54) is 0 Å². The second-order valence-electron chi connectivity index (χ2n) is 3.69. The predicted molar refractivity (Wildman–Crippen MR) is 63.4 cm³/mol. The van der Waals surface area contributed by atoms with Gasteiger partial charge in [-0.2, -0.15) is 0 Å². The van der Waals surface area contributed by atoms with Crippen LogP contribution < -0.4 is 10.5 Å². The van der Waals surface area contributed by atoms with Gasteiger partial charge in [0.25, 0.3) is 0 Å². The minimum absolute atomic E-state index is 0.0439. The van der Waals surface area contributed by atoms with Crippen molar-refractivity contribution >= 4 is 0 Å². The molecule has 1 rings (SSSR count). The van der Waals surface area contributed by atoms with Gasteiger partial charge in [0, 0.05) is 26.0 Å². The molecule has 0 aliphatic carbocycles. The summed E-state index contributed by atoms with van der Waals surface area (Å²) in [5.41, 5.74) is 6.99. The highest BCUT2D eigenvalue weighted by molar-refractivity contribution is 5.25. The number of hydrogen-bond donors (Lipinski definition) is 1. The molecule has 90 valence electrons. The van der Waals surface area contributed by atoms with Gasteiger partial charge in [-0.1, -0.05) is 6.92 Å². The van der Waals surface area contributed by atoms with Crippen molar-refractivity contribution in [2.75, 3.05) is 20.3 Å². The second-order valence-corrected chi connectivity index (χ2v) is 3.69. The van der Waals surface area contributed by atoms with Gasteiger partial charge in [-0.15, -0.1) is 0 Å². The predicted octanol–water partition coefficient (Wildman–Crippen LogP) is 1.91. The van der Waals surface area contributed by atoms with Gasteiger partial charge >= 0.3 is 0 Å². The standard InChI is InChI=1S/C12H20N2O2/c1-3-5-16-11-7-10(8-14-9-11)12(13)4-6-15-2/h7-9,12H,3-6,13H2,1-2H3. The molecule has 1 heterocycles. The Hall–Kier alpha value is -1.13. The largest absolute Gasteiger partial charge is 0.492 e. The van der Waals surface area contributed by atoms with Crippen LogP contribution in [0, 0.1) is 0 Å². The van der Waals surface area contributed by atoms with Crippen LogP contribution >= 0.6 is 0 Å². The van der Waals surface area contributed by atoms with Crippen LogP contribution in [0.25, 0.3) is 0 Å². The molecule has 1 aromatic rings. The van der Waals surface area contributed by atoms with Crippen molar-refractivity contribution in [1.82, 2.24) is 4.98 Å². The molecule has 0 aliphatic heterocycles. The number of nitrogens with two attached hydrogens (primary N) is 1. The van der Waals surface area contributed by atoms with Crippen molar-refractivity contribution in [2.45, 2.75) is 25.8 Å². The van der Waals surface area contributed by atoms with Gasteiger partial charge in [0.05, 0.1) is 12.8 Å². The van der Waals surface area contributed by atoms with Crippen molar-refractivity contribution in [1.29, 1.82) is 0 Å². The first-order chi connectivity index (χ1) is 7.77. The number of hydrogen-bond acceptors (Lipinski definition) is 4. The molecular formula is C12H20N2O2. The number of nitrogens with zero attached hydrogens (tertiary/aromatic N) is 1. The first-order valence-electron chi connectivity index (χ1n) is 5.60. The molecule has 0 fully saturated rings. The molecule has 1 atom stereocenters. The summed E-state index contributed by atoms with van der Waals surface area (Å²) in [6.07, 6.45) is 5.26. The van der Waals surface area contributed by atoms with Crippen molar-refractivity contribution in [3.63, 3.8) is 0 Å². The Labute approximate surface area is 96.8 Å². The zero-order valence-electron chi connectivity index (χ0n) is 9.98. The SMILES string of the molecule is CCCOc1cncc(C(N)CCOC)c1. The molecule has 0 amide bonds. The highest BCUT2D eigenvalue weighted by Gasteiger charge is 2.07. The Morgan fingerprint density at radius 2 is 2.19 bits per heavy atom. The number of pyridine rings is 1. The van der Waals surface area contributed by atoms with E-state index >= 15 is 0 Å². The van der Waals surface area contributed by atoms with E-state index in [4.69, 9.17) is 15.2 Å². The van der Waals surface area contributed by atoms with Crippen molar-refractivity contribution in [2.24, 2.45) is 5.73 Å². The van der Waals surface area contributed by atoms with Crippen LogP contribution in [0.4, 0.5) is 0 Å². The molecule has 0 aromatic carbocycles. The third-order valence-electron chi connectivity index (χ3n) is 2.27. The fraction of sp³-hybridized carbons (Fsp3) is 0.583. The average Bonchev–Trinajstić information content (AvgIpc) is 2.33. The maximum Gasteiger partial charge on any atom is 0.137 e. The molecular weight excluding hydrogens is 204 g/mol. The molecule has 1 aromatic heterocycles. The Morgan fingerprint density at radius 3 is 2.88 bits per heavy atom. The normalized spacial score (nSPS) is 12.4. The fourth-order valence-corrected chi connectivity index (χ4v) is 1.35. The number of ether oxygens (including phenoxy) is 2. The van der Waals surface area contributed by atoms with E-state index in [9.17, 15) is 0 Å². The number of aromatic nitrogens is 1. The molecule has 0 bridgehead atoms. The van der Waals surface area contributed by atoms with Gasteiger partial charge in [0.15, 0.2) is 0 Å². The monoisotopic (exact) mass is 224 g/mol. The van der Waals surface area contributed by atoms with Crippen molar-refractivity contribution in [3.8, 4) is 5.75 Å². The summed E-state index contributed by atoms with van der Waals surface area (Å²) >= 11 is 0. The van der Waals surface area contributed by atoms with Gasteiger partial charge in [0.1, 0.15) is 5.75 Å². The molecule has 1 unspecified atom stereocenters. The fourth-order valence-electron chi connectivity index (χ4n) is 1.35. The highest BCUT2D eigenvalue weighted by atomic mass is 16.5. The molecule has 4 heteroatoms. The summed E-state index contributed by atoms with van der Waals surface area (Å²) < 4.78 is 10.5. The van der Waals surface area contributed by atoms with E-state index in [1.54, 1.807) is 19.5 Å². The third-order valence-corrected chi connectivity index (χ3v) is 2.27. The van der Waals surface area contributed by atoms with Gasteiger partial charge in [-0.25, -0.2) is 0 Å². The number of rotatable bonds is 7. The smallest absolute Gasteiger partial charge is 0.137 e. The van der Waals surface area contributed by atoms with Crippen LogP contribution in [-0.4, -0.2) is 25.3 Å². The summed E-state index contributed by atoms with van der Waals surface area (Å²) in [4.78, 5) is 4.12. The molecule has 16 heavy (non-hydrogen) atoms. The summed E-state index contributed by atoms with van der Waals surface area (Å²) in [6.45, 7) is 3.43. The van der Waals surface area contributed by atoms with Gasteiger partial charge in [-0.05, 0) is 24.5 Å². The van der Waals surface area contributed by atoms with Crippen LogP contribution in [0.1, 0.15) is 31.4 Å². The summed E-state index contributed by atoms with van der Waals surface area (Å²) in [5.74, 6) is 0.784. The lowest BCUT2D eigenvalue weighted by atomic mass is 10.1. The van der Waals surface area contributed by atoms with Gasteiger partial charge in [0.2, 0.25) is 0 Å². The Kier molecular flexibility index (Phi) is 5.82. The van der Waals surface area contributed by atoms with Crippen LogP contribution in [-0.2, 0) is 4.74 Å². The van der Waals surface area contributed by atoms with E-state index in [-0.39, 0.29) is 6.04 Å². The molecule has 0 saturated heterocycles. The second kappa shape index (κ2) is 7.19. The summed E-state index contributed by atoms with van der Waals surface area (Å²) in [5, 5.41) is 0. The van der Waals surface area contributed by atoms with Gasteiger partial charge in [-0.3, -0.25) is 4.98 Å². The Balaban J connectivity index is 2.58. The van der Waals surface area contributed by atoms with Crippen molar-refractivity contribution < 1.29 is 9.47 Å². The lowest BCUT2D eigenvalue weighted by Gasteiger charge is -2.12. The molecule has 2 N–H and O–H groups in total. The Bertz CT molecular complexity index is 305. The van der Waals surface area contributed by atoms with Gasteiger partial charge < -0.3 is 15.2 Å². The van der Waals surface area contributed by atoms with Crippen LogP contribution in [0.3, 0.4) is 0 Å². The van der Waals surface area contributed by atoms with Crippen LogP contribution in [0.15, 0.2) is 18.5 Å². The first kappa shape index (κ1) is 12.9. The minimum atomic E-state index is -0.0439. The first-order valence-corrected chi connectivity index (χ1v) is 5.60. The van der Waals surface area contributed by atoms with E-state index in [2.05, 4.69) is 11.9 Å². The molecule has 4 nitrogen and oxygen atoms in total. The highest BCUT2D eigenvalue weighted by Crippen LogP contribution is 2.18. The lowest BCUT2D eigenvalue weighted by Crippen LogP contribution is -2.13. The van der Waals surface area contributed by atoms with E-state index in [0.717, 1.165) is 24.2 Å². The maximum absolute atomic E-state index is 6.00. The zero-order chi connectivity index (χ0) is 11.8. The van der Waals surface area contributed by atoms with Crippen LogP contribution in [0.2, 0.25) is 0 Å². The van der Waals surface area contributed by atoms with Crippen molar-refractivity contribution in [3.05, 3.63) is 24.0 Å². The van der Waals surface area contributed by atoms with E-state index in [0.29, 0.717) is 13.2 Å². The maximum atomic E-state index is 6.00. The van der Waals surface area contributed by atoms with Crippen LogP contribution in [0.5, 0.6) is 5.75 Å². The summed E-state index contributed by atoms with van der Waals surface area (Å²) in [7, 11) is 1.67. The average molecular weight is 224 g/mol. The summed E-state index contributed by atoms with van der Waals surface area (Å²) in [6, 6.07) is 1.90. The van der Waals surface area contributed by atoms with E-state index < -0.39 is 0 Å². The number of methoxy groups -OCH3 is 1. The topological polar surface area (TPSA) is 57.4 Å². The molecule has 0 spiro atoms. The molecule has 0 aliphatic rings. The lowest BCUT2D eigenvalue weighted by molar-refractivity contribution is 0.188. The Morgan fingerprint density at radius 1 is 1.38 bits per heavy atom.